The first-order valence-corrected chi connectivity index (χ1v) is 14.9. The maximum atomic E-state index is 13.5. The molecular formula is C31H39N7O7. The molecule has 3 aromatic rings. The number of hydrogen-bond acceptors (Lipinski definition) is 9. The molecule has 14 nitrogen and oxygen atoms in total. The van der Waals surface area contributed by atoms with E-state index in [9.17, 15) is 24.0 Å². The van der Waals surface area contributed by atoms with Crippen LogP contribution < -0.4 is 21.3 Å². The maximum Gasteiger partial charge on any atom is 0.274 e. The number of aryl methyl sites for hydroxylation is 1. The highest BCUT2D eigenvalue weighted by atomic mass is 16.5. The number of nitrogens with one attached hydrogen (secondary N) is 4. The van der Waals surface area contributed by atoms with Crippen LogP contribution in [-0.4, -0.2) is 76.0 Å². The molecular weight excluding hydrogens is 582 g/mol. The Morgan fingerprint density at radius 2 is 1.69 bits per heavy atom. The largest absolute Gasteiger partial charge is 0.361 e. The number of carbonyl (C=O) groups excluding carboxylic acids is 5. The smallest absolute Gasteiger partial charge is 0.274 e. The van der Waals surface area contributed by atoms with Crippen molar-refractivity contribution in [3.63, 3.8) is 0 Å². The van der Waals surface area contributed by atoms with E-state index in [0.717, 1.165) is 5.56 Å². The van der Waals surface area contributed by atoms with Crippen molar-refractivity contribution in [3.05, 3.63) is 70.9 Å². The lowest BCUT2D eigenvalue weighted by Gasteiger charge is -2.26. The standard InChI is InChI=1S/C31H39N7O7/c1-18(2)12-24-30(42)35-25(14-21-8-6-5-7-9-21)29(41)32-10-11-38(27(39)16-22-13-19(3)36-44-22)17-23-15-26(37-45-23)31(43)33-20(4)28(40)34-24/h5-9,13,15,18,20,24-25H,10-12,14,16-17H2,1-4H3,(H,32,41)(H,33,43)(H,34,40)(H,35,42)/t20-,24-,25-/m1/s1. The summed E-state index contributed by atoms with van der Waals surface area (Å²) in [6, 6.07) is 9.29. The lowest BCUT2D eigenvalue weighted by molar-refractivity contribution is -0.133. The molecule has 0 saturated carbocycles. The number of rotatable bonds is 6. The maximum absolute atomic E-state index is 13.5. The highest BCUT2D eigenvalue weighted by molar-refractivity contribution is 5.97. The fraction of sp³-hybridized carbons (Fsp3) is 0.452. The molecule has 3 atom stereocenters. The van der Waals surface area contributed by atoms with E-state index in [-0.39, 0.29) is 55.8 Å². The highest BCUT2D eigenvalue weighted by Gasteiger charge is 2.30. The van der Waals surface area contributed by atoms with Gasteiger partial charge in [-0.2, -0.15) is 0 Å². The Bertz CT molecular complexity index is 1500. The van der Waals surface area contributed by atoms with Crippen molar-refractivity contribution >= 4 is 29.5 Å². The van der Waals surface area contributed by atoms with Gasteiger partial charge in [0.15, 0.2) is 11.5 Å². The second kappa shape index (κ2) is 15.1. The molecule has 4 N–H and O–H groups in total. The molecule has 0 unspecified atom stereocenters. The van der Waals surface area contributed by atoms with Crippen LogP contribution in [0, 0.1) is 12.8 Å². The number of amides is 5. The van der Waals surface area contributed by atoms with E-state index in [1.165, 1.54) is 17.9 Å². The molecule has 0 aliphatic carbocycles. The van der Waals surface area contributed by atoms with E-state index in [4.69, 9.17) is 9.05 Å². The van der Waals surface area contributed by atoms with Crippen molar-refractivity contribution in [1.82, 2.24) is 36.5 Å². The number of benzene rings is 1. The minimum atomic E-state index is -1.02. The molecule has 2 bridgehead atoms. The van der Waals surface area contributed by atoms with Gasteiger partial charge in [-0.15, -0.1) is 0 Å². The fourth-order valence-electron chi connectivity index (χ4n) is 4.84. The van der Waals surface area contributed by atoms with E-state index in [2.05, 4.69) is 31.6 Å². The molecule has 1 aliphatic rings. The zero-order chi connectivity index (χ0) is 32.5. The van der Waals surface area contributed by atoms with Gasteiger partial charge in [0.05, 0.1) is 18.7 Å². The lowest BCUT2D eigenvalue weighted by atomic mass is 10.0. The number of hydrogen-bond donors (Lipinski definition) is 4. The molecule has 0 saturated heterocycles. The number of aromatic nitrogens is 2. The molecule has 1 aromatic carbocycles. The second-order valence-corrected chi connectivity index (χ2v) is 11.5. The minimum absolute atomic E-state index is 0.0307. The topological polar surface area (TPSA) is 189 Å². The van der Waals surface area contributed by atoms with E-state index >= 15 is 0 Å². The lowest BCUT2D eigenvalue weighted by Crippen LogP contribution is -2.57. The molecule has 0 spiro atoms. The molecule has 0 fully saturated rings. The van der Waals surface area contributed by atoms with Gasteiger partial charge in [0.1, 0.15) is 23.9 Å². The molecule has 2 aromatic heterocycles. The van der Waals surface area contributed by atoms with Gasteiger partial charge in [0, 0.05) is 31.6 Å². The predicted octanol–water partition coefficient (Wildman–Crippen LogP) is 1.05. The molecule has 5 amide bonds. The Morgan fingerprint density at radius 1 is 0.956 bits per heavy atom. The van der Waals surface area contributed by atoms with Crippen LogP contribution >= 0.6 is 0 Å². The van der Waals surface area contributed by atoms with E-state index in [1.54, 1.807) is 13.0 Å². The van der Waals surface area contributed by atoms with E-state index < -0.39 is 41.8 Å². The van der Waals surface area contributed by atoms with Crippen molar-refractivity contribution in [1.29, 1.82) is 0 Å². The van der Waals surface area contributed by atoms with Crippen LogP contribution in [0.5, 0.6) is 0 Å². The van der Waals surface area contributed by atoms with Crippen LogP contribution in [0.4, 0.5) is 0 Å². The SMILES string of the molecule is Cc1cc(CC(=O)N2CCNC(=O)[C@@H](Cc3ccccc3)NC(=O)[C@@H](CC(C)C)NC(=O)[C@@H](C)NC(=O)c3cc(on3)C2)on1. The fourth-order valence-corrected chi connectivity index (χ4v) is 4.84. The zero-order valence-corrected chi connectivity index (χ0v) is 25.8. The average Bonchev–Trinajstić information content (AvgIpc) is 3.64. The van der Waals surface area contributed by atoms with Crippen molar-refractivity contribution in [2.24, 2.45) is 5.92 Å². The third kappa shape index (κ3) is 9.49. The van der Waals surface area contributed by atoms with Crippen molar-refractivity contribution in [3.8, 4) is 0 Å². The van der Waals surface area contributed by atoms with Crippen molar-refractivity contribution < 1.29 is 33.0 Å². The van der Waals surface area contributed by atoms with Crippen LogP contribution in [0.2, 0.25) is 0 Å². The van der Waals surface area contributed by atoms with Crippen molar-refractivity contribution in [2.45, 2.75) is 71.6 Å². The summed E-state index contributed by atoms with van der Waals surface area (Å²) in [5.41, 5.74) is 1.36. The summed E-state index contributed by atoms with van der Waals surface area (Å²) in [5.74, 6) is -1.96. The Morgan fingerprint density at radius 3 is 2.38 bits per heavy atom. The first-order valence-electron chi connectivity index (χ1n) is 14.9. The Kier molecular flexibility index (Phi) is 11.1. The van der Waals surface area contributed by atoms with Crippen molar-refractivity contribution in [2.75, 3.05) is 13.1 Å². The van der Waals surface area contributed by atoms with E-state index in [0.29, 0.717) is 17.9 Å². The minimum Gasteiger partial charge on any atom is -0.361 e. The molecule has 14 heteroatoms. The molecule has 3 heterocycles. The third-order valence-corrected chi connectivity index (χ3v) is 7.17. The van der Waals surface area contributed by atoms with Crippen LogP contribution in [0.3, 0.4) is 0 Å². The Labute approximate surface area is 260 Å². The molecule has 45 heavy (non-hydrogen) atoms. The summed E-state index contributed by atoms with van der Waals surface area (Å²) in [6.07, 6.45) is 0.403. The van der Waals surface area contributed by atoms with Crippen LogP contribution in [0.15, 0.2) is 51.5 Å². The number of nitrogens with zero attached hydrogens (tertiary/aromatic N) is 3. The Balaban J connectivity index is 1.62. The number of carbonyl (C=O) groups is 5. The second-order valence-electron chi connectivity index (χ2n) is 11.5. The van der Waals surface area contributed by atoms with Crippen LogP contribution in [0.1, 0.15) is 60.5 Å². The van der Waals surface area contributed by atoms with Gasteiger partial charge in [-0.1, -0.05) is 54.5 Å². The molecule has 0 radical (unpaired) electrons. The first-order chi connectivity index (χ1) is 21.5. The van der Waals surface area contributed by atoms with Gasteiger partial charge in [-0.3, -0.25) is 24.0 Å². The van der Waals surface area contributed by atoms with Crippen LogP contribution in [0.25, 0.3) is 0 Å². The average molecular weight is 622 g/mol. The first kappa shape index (κ1) is 32.9. The predicted molar refractivity (Wildman–Crippen MR) is 160 cm³/mol. The monoisotopic (exact) mass is 621 g/mol. The third-order valence-electron chi connectivity index (χ3n) is 7.17. The van der Waals surface area contributed by atoms with E-state index in [1.807, 2.05) is 44.2 Å². The summed E-state index contributed by atoms with van der Waals surface area (Å²) in [6.45, 7) is 7.10. The van der Waals surface area contributed by atoms with Crippen LogP contribution in [-0.2, 0) is 38.6 Å². The molecule has 240 valence electrons. The summed E-state index contributed by atoms with van der Waals surface area (Å²) in [4.78, 5) is 67.7. The summed E-state index contributed by atoms with van der Waals surface area (Å²) in [7, 11) is 0. The van der Waals surface area contributed by atoms with Gasteiger partial charge in [-0.25, -0.2) is 0 Å². The highest BCUT2D eigenvalue weighted by Crippen LogP contribution is 2.13. The normalized spacial score (nSPS) is 20.5. The zero-order valence-electron chi connectivity index (χ0n) is 25.8. The summed E-state index contributed by atoms with van der Waals surface area (Å²) >= 11 is 0. The van der Waals surface area contributed by atoms with Gasteiger partial charge in [0.2, 0.25) is 23.6 Å². The number of fused-ring (bicyclic) bond motifs is 2. The van der Waals surface area contributed by atoms with Gasteiger partial charge in [-0.05, 0) is 31.7 Å². The summed E-state index contributed by atoms with van der Waals surface area (Å²) < 4.78 is 10.5. The van der Waals surface area contributed by atoms with Gasteiger partial charge in [0.25, 0.3) is 5.91 Å². The summed E-state index contributed by atoms with van der Waals surface area (Å²) in [5, 5.41) is 18.5. The molecule has 1 aliphatic heterocycles. The van der Waals surface area contributed by atoms with Gasteiger partial charge >= 0.3 is 0 Å². The quantitative estimate of drug-likeness (QED) is 0.312. The Hall–Kier alpha value is -5.01. The van der Waals surface area contributed by atoms with Gasteiger partial charge < -0.3 is 35.2 Å². The molecule has 4 rings (SSSR count).